The average Bonchev–Trinajstić information content (AvgIpc) is 2.11. The van der Waals surface area contributed by atoms with Gasteiger partial charge >= 0.3 is 6.18 Å². The van der Waals surface area contributed by atoms with Gasteiger partial charge in [0.15, 0.2) is 0 Å². The molecule has 0 bridgehead atoms. The monoisotopic (exact) mass is 212 g/mol. The summed E-state index contributed by atoms with van der Waals surface area (Å²) in [7, 11) is 1.00. The molecule has 1 rings (SSSR count). The molecule has 0 saturated carbocycles. The van der Waals surface area contributed by atoms with Crippen LogP contribution in [0.15, 0.2) is 18.2 Å². The SMILES string of the molecule is CO.[NH3+]c1ccc(F)c(C(F)(F)F)c1. The van der Waals surface area contributed by atoms with E-state index < -0.39 is 17.6 Å². The molecule has 0 fully saturated rings. The second-order valence-corrected chi connectivity index (χ2v) is 2.31. The summed E-state index contributed by atoms with van der Waals surface area (Å²) in [6.45, 7) is 0. The van der Waals surface area contributed by atoms with Crippen LogP contribution in [-0.4, -0.2) is 12.2 Å². The van der Waals surface area contributed by atoms with Gasteiger partial charge in [0, 0.05) is 19.2 Å². The van der Waals surface area contributed by atoms with Crippen LogP contribution in [0.5, 0.6) is 0 Å². The lowest BCUT2D eigenvalue weighted by atomic mass is 10.2. The molecule has 0 unspecified atom stereocenters. The molecule has 4 N–H and O–H groups in total. The van der Waals surface area contributed by atoms with Crippen molar-refractivity contribution in [3.63, 3.8) is 0 Å². The maximum absolute atomic E-state index is 12.5. The number of hydrogen-bond acceptors (Lipinski definition) is 1. The molecule has 0 aliphatic rings. The average molecular weight is 212 g/mol. The maximum Gasteiger partial charge on any atom is 0.419 e. The molecule has 0 radical (unpaired) electrons. The molecule has 0 spiro atoms. The second-order valence-electron chi connectivity index (χ2n) is 2.31. The molecule has 0 aromatic heterocycles. The lowest BCUT2D eigenvalue weighted by molar-refractivity contribution is -0.255. The minimum Gasteiger partial charge on any atom is -0.400 e. The minimum absolute atomic E-state index is 0.142. The first-order chi connectivity index (χ1) is 6.41. The van der Waals surface area contributed by atoms with Crippen LogP contribution in [0.3, 0.4) is 0 Å². The Balaban J connectivity index is 0.000000791. The fourth-order valence-electron chi connectivity index (χ4n) is 0.790. The zero-order valence-corrected chi connectivity index (χ0v) is 7.40. The lowest BCUT2D eigenvalue weighted by Gasteiger charge is -2.06. The summed E-state index contributed by atoms with van der Waals surface area (Å²) in [5, 5.41) is 7.00. The van der Waals surface area contributed by atoms with Crippen molar-refractivity contribution in [2.24, 2.45) is 0 Å². The topological polar surface area (TPSA) is 47.9 Å². The summed E-state index contributed by atoms with van der Waals surface area (Å²) < 4.78 is 48.4. The Morgan fingerprint density at radius 3 is 2.07 bits per heavy atom. The summed E-state index contributed by atoms with van der Waals surface area (Å²) in [5.74, 6) is -1.27. The van der Waals surface area contributed by atoms with Gasteiger partial charge in [0.1, 0.15) is 11.5 Å². The molecule has 80 valence electrons. The van der Waals surface area contributed by atoms with E-state index in [4.69, 9.17) is 5.11 Å². The minimum atomic E-state index is -4.64. The molecular formula is C8H10F4NO+. The molecule has 14 heavy (non-hydrogen) atoms. The van der Waals surface area contributed by atoms with Crippen molar-refractivity contribution in [1.29, 1.82) is 0 Å². The highest BCUT2D eigenvalue weighted by atomic mass is 19.4. The normalized spacial score (nSPS) is 10.5. The Morgan fingerprint density at radius 2 is 1.71 bits per heavy atom. The van der Waals surface area contributed by atoms with E-state index in [9.17, 15) is 17.6 Å². The van der Waals surface area contributed by atoms with Crippen molar-refractivity contribution in [2.75, 3.05) is 7.11 Å². The number of aliphatic hydroxyl groups excluding tert-OH is 1. The lowest BCUT2D eigenvalue weighted by Crippen LogP contribution is -2.40. The van der Waals surface area contributed by atoms with Gasteiger partial charge in [0.25, 0.3) is 0 Å². The molecule has 1 aromatic carbocycles. The molecule has 2 nitrogen and oxygen atoms in total. The quantitative estimate of drug-likeness (QED) is 0.626. The van der Waals surface area contributed by atoms with Crippen LogP contribution in [0.2, 0.25) is 0 Å². The second kappa shape index (κ2) is 4.92. The Hall–Kier alpha value is -1.14. The highest BCUT2D eigenvalue weighted by molar-refractivity contribution is 5.35. The molecule has 0 atom stereocenters. The van der Waals surface area contributed by atoms with Gasteiger partial charge in [-0.25, -0.2) is 4.39 Å². The number of halogens is 4. The van der Waals surface area contributed by atoms with E-state index in [1.54, 1.807) is 0 Å². The fourth-order valence-corrected chi connectivity index (χ4v) is 0.790. The summed E-state index contributed by atoms with van der Waals surface area (Å²) in [6.07, 6.45) is -4.64. The first-order valence-electron chi connectivity index (χ1n) is 3.54. The van der Waals surface area contributed by atoms with Crippen LogP contribution in [-0.2, 0) is 6.18 Å². The molecule has 1 aromatic rings. The largest absolute Gasteiger partial charge is 0.419 e. The number of quaternary nitrogens is 1. The van der Waals surface area contributed by atoms with Gasteiger partial charge in [0.05, 0.1) is 5.56 Å². The van der Waals surface area contributed by atoms with Crippen LogP contribution >= 0.6 is 0 Å². The van der Waals surface area contributed by atoms with Crippen molar-refractivity contribution in [1.82, 2.24) is 0 Å². The molecule has 6 heteroatoms. The highest BCUT2D eigenvalue weighted by Gasteiger charge is 2.34. The van der Waals surface area contributed by atoms with Gasteiger partial charge in [-0.1, -0.05) is 0 Å². The van der Waals surface area contributed by atoms with E-state index in [1.807, 2.05) is 0 Å². The van der Waals surface area contributed by atoms with Crippen LogP contribution in [0, 0.1) is 5.82 Å². The first-order valence-corrected chi connectivity index (χ1v) is 3.54. The predicted octanol–water partition coefficient (Wildman–Crippen LogP) is 1.33. The van der Waals surface area contributed by atoms with Crippen LogP contribution in [0.4, 0.5) is 23.2 Å². The summed E-state index contributed by atoms with van der Waals surface area (Å²) in [4.78, 5) is 0. The Kier molecular flexibility index (Phi) is 4.52. The summed E-state index contributed by atoms with van der Waals surface area (Å²) in [5.41, 5.74) is 2.14. The Morgan fingerprint density at radius 1 is 1.21 bits per heavy atom. The van der Waals surface area contributed by atoms with Gasteiger partial charge < -0.3 is 10.8 Å². The van der Waals surface area contributed by atoms with E-state index in [-0.39, 0.29) is 5.69 Å². The van der Waals surface area contributed by atoms with Crippen molar-refractivity contribution in [3.05, 3.63) is 29.6 Å². The smallest absolute Gasteiger partial charge is 0.400 e. The van der Waals surface area contributed by atoms with Crippen molar-refractivity contribution in [3.8, 4) is 0 Å². The third-order valence-corrected chi connectivity index (χ3v) is 1.34. The maximum atomic E-state index is 12.5. The molecule has 0 amide bonds. The zero-order chi connectivity index (χ0) is 11.4. The molecule has 0 aliphatic heterocycles. The summed E-state index contributed by atoms with van der Waals surface area (Å²) in [6, 6.07) is 2.62. The van der Waals surface area contributed by atoms with E-state index in [0.29, 0.717) is 6.07 Å². The van der Waals surface area contributed by atoms with E-state index in [0.717, 1.165) is 13.2 Å². The Bertz CT molecular complexity index is 298. The van der Waals surface area contributed by atoms with Gasteiger partial charge in [0.2, 0.25) is 0 Å². The van der Waals surface area contributed by atoms with Crippen molar-refractivity contribution in [2.45, 2.75) is 6.18 Å². The number of rotatable bonds is 0. The molecular weight excluding hydrogens is 202 g/mol. The molecule has 0 aliphatic carbocycles. The van der Waals surface area contributed by atoms with Crippen LogP contribution in [0.1, 0.15) is 5.56 Å². The first kappa shape index (κ1) is 12.9. The van der Waals surface area contributed by atoms with Crippen molar-refractivity contribution >= 4 is 5.69 Å². The third kappa shape index (κ3) is 3.31. The number of benzene rings is 1. The van der Waals surface area contributed by atoms with E-state index in [2.05, 4.69) is 5.73 Å². The zero-order valence-electron chi connectivity index (χ0n) is 7.40. The summed E-state index contributed by atoms with van der Waals surface area (Å²) >= 11 is 0. The van der Waals surface area contributed by atoms with Gasteiger partial charge in [-0.2, -0.15) is 13.2 Å². The number of alkyl halides is 3. The van der Waals surface area contributed by atoms with Crippen LogP contribution in [0.25, 0.3) is 0 Å². The number of aliphatic hydroxyl groups is 1. The van der Waals surface area contributed by atoms with Gasteiger partial charge in [-0.05, 0) is 6.07 Å². The third-order valence-electron chi connectivity index (χ3n) is 1.34. The van der Waals surface area contributed by atoms with Crippen LogP contribution < -0.4 is 5.73 Å². The van der Waals surface area contributed by atoms with E-state index >= 15 is 0 Å². The molecule has 0 saturated heterocycles. The Labute approximate surface area is 78.0 Å². The number of hydrogen-bond donors (Lipinski definition) is 2. The predicted molar refractivity (Wildman–Crippen MR) is 42.1 cm³/mol. The van der Waals surface area contributed by atoms with Gasteiger partial charge in [-0.15, -0.1) is 0 Å². The molecule has 0 heterocycles. The van der Waals surface area contributed by atoms with E-state index in [1.165, 1.54) is 6.07 Å². The van der Waals surface area contributed by atoms with Crippen molar-refractivity contribution < 1.29 is 28.4 Å². The van der Waals surface area contributed by atoms with Gasteiger partial charge in [-0.3, -0.25) is 0 Å². The standard InChI is InChI=1S/C7H5F4N.CH4O/c8-6-2-1-4(12)3-5(6)7(9,10)11;1-2/h1-3H,12H2;2H,1H3/p+1. The highest BCUT2D eigenvalue weighted by Crippen LogP contribution is 2.31. The fraction of sp³-hybridized carbons (Fsp3) is 0.250.